The maximum absolute atomic E-state index is 12.3. The van der Waals surface area contributed by atoms with Crippen LogP contribution in [0.25, 0.3) is 11.3 Å². The number of pyridine rings is 1. The Hall–Kier alpha value is -3.66. The zero-order valence-corrected chi connectivity index (χ0v) is 16.2. The Morgan fingerprint density at radius 1 is 1.24 bits per heavy atom. The first kappa shape index (κ1) is 20.1. The number of nitro groups is 1. The molecule has 0 spiro atoms. The lowest BCUT2D eigenvalue weighted by molar-refractivity contribution is -0.384. The van der Waals surface area contributed by atoms with Gasteiger partial charge in [0.15, 0.2) is 0 Å². The molecule has 0 aliphatic rings. The third-order valence-corrected chi connectivity index (χ3v) is 4.85. The summed E-state index contributed by atoms with van der Waals surface area (Å²) >= 11 is 1.42. The van der Waals surface area contributed by atoms with Crippen molar-refractivity contribution in [2.75, 3.05) is 0 Å². The number of carbonyl (C=O) groups is 2. The van der Waals surface area contributed by atoms with Crippen molar-refractivity contribution in [2.45, 2.75) is 19.5 Å². The fourth-order valence-corrected chi connectivity index (χ4v) is 3.21. The predicted octanol–water partition coefficient (Wildman–Crippen LogP) is 2.55. The second-order valence-electron chi connectivity index (χ2n) is 6.08. The van der Waals surface area contributed by atoms with Gasteiger partial charge in [-0.05, 0) is 25.1 Å². The number of nitrogens with one attached hydrogen (secondary N) is 2. The van der Waals surface area contributed by atoms with Crippen LogP contribution in [-0.2, 0) is 11.3 Å². The Kier molecular flexibility index (Phi) is 6.25. The fourth-order valence-electron chi connectivity index (χ4n) is 2.47. The molecule has 0 bridgehead atoms. The quantitative estimate of drug-likeness (QED) is 0.454. The molecule has 1 aromatic carbocycles. The van der Waals surface area contributed by atoms with Crippen molar-refractivity contribution in [1.82, 2.24) is 20.6 Å². The number of nitro benzene ring substituents is 1. The number of amides is 2. The molecule has 0 aliphatic carbocycles. The van der Waals surface area contributed by atoms with Gasteiger partial charge in [-0.1, -0.05) is 6.07 Å². The number of carbonyl (C=O) groups excluding carboxylic acids is 2. The molecule has 148 valence electrons. The third-order valence-electron chi connectivity index (χ3n) is 4.00. The average molecular weight is 411 g/mol. The van der Waals surface area contributed by atoms with Gasteiger partial charge in [0.05, 0.1) is 17.2 Å². The topological polar surface area (TPSA) is 127 Å². The summed E-state index contributed by atoms with van der Waals surface area (Å²) in [4.78, 5) is 43.2. The summed E-state index contributed by atoms with van der Waals surface area (Å²) < 4.78 is 0. The standard InChI is InChI=1S/C19H17N5O4S/c1-12(22-19(26)14-3-2-4-15(9-14)24(27)28)18(25)21-10-17-23-16(11-29-17)13-5-7-20-8-6-13/h2-9,11-12H,10H2,1H3,(H,21,25)(H,22,26). The van der Waals surface area contributed by atoms with E-state index in [-0.39, 0.29) is 23.7 Å². The summed E-state index contributed by atoms with van der Waals surface area (Å²) in [5.74, 6) is -0.949. The maximum atomic E-state index is 12.3. The van der Waals surface area contributed by atoms with Crippen LogP contribution in [0.5, 0.6) is 0 Å². The number of non-ortho nitro benzene ring substituents is 1. The van der Waals surface area contributed by atoms with Crippen molar-refractivity contribution in [3.05, 3.63) is 74.9 Å². The minimum Gasteiger partial charge on any atom is -0.348 e. The number of thiazole rings is 1. The van der Waals surface area contributed by atoms with Crippen LogP contribution in [0.15, 0.2) is 54.2 Å². The summed E-state index contributed by atoms with van der Waals surface area (Å²) in [7, 11) is 0. The van der Waals surface area contributed by atoms with E-state index < -0.39 is 16.9 Å². The molecule has 0 saturated carbocycles. The van der Waals surface area contributed by atoms with E-state index in [1.807, 2.05) is 17.5 Å². The molecule has 2 amide bonds. The lowest BCUT2D eigenvalue weighted by atomic mass is 10.1. The van der Waals surface area contributed by atoms with Gasteiger partial charge >= 0.3 is 0 Å². The fraction of sp³-hybridized carbons (Fsp3) is 0.158. The zero-order valence-electron chi connectivity index (χ0n) is 15.4. The molecule has 29 heavy (non-hydrogen) atoms. The Labute approximate surface area is 170 Å². The number of hydrogen-bond donors (Lipinski definition) is 2. The summed E-state index contributed by atoms with van der Waals surface area (Å²) in [6.07, 6.45) is 3.36. The van der Waals surface area contributed by atoms with Crippen molar-refractivity contribution in [1.29, 1.82) is 0 Å². The number of aromatic nitrogens is 2. The Morgan fingerprint density at radius 3 is 2.72 bits per heavy atom. The maximum Gasteiger partial charge on any atom is 0.270 e. The van der Waals surface area contributed by atoms with Crippen LogP contribution < -0.4 is 10.6 Å². The SMILES string of the molecule is CC(NC(=O)c1cccc([N+](=O)[O-])c1)C(=O)NCc1nc(-c2ccncc2)cs1. The van der Waals surface area contributed by atoms with E-state index in [2.05, 4.69) is 20.6 Å². The van der Waals surface area contributed by atoms with Gasteiger partial charge in [-0.15, -0.1) is 11.3 Å². The lowest BCUT2D eigenvalue weighted by Gasteiger charge is -2.13. The molecule has 3 rings (SSSR count). The summed E-state index contributed by atoms with van der Waals surface area (Å²) in [6.45, 7) is 1.76. The van der Waals surface area contributed by atoms with Gasteiger partial charge in [0, 0.05) is 41.0 Å². The molecule has 0 aliphatic heterocycles. The molecule has 0 saturated heterocycles. The van der Waals surface area contributed by atoms with Crippen molar-refractivity contribution in [3.63, 3.8) is 0 Å². The van der Waals surface area contributed by atoms with E-state index >= 15 is 0 Å². The number of hydrogen-bond acceptors (Lipinski definition) is 7. The van der Waals surface area contributed by atoms with Gasteiger partial charge in [0.2, 0.25) is 5.91 Å². The summed E-state index contributed by atoms with van der Waals surface area (Å²) in [6, 6.07) is 8.20. The first-order valence-corrected chi connectivity index (χ1v) is 9.50. The first-order valence-electron chi connectivity index (χ1n) is 8.62. The number of rotatable bonds is 7. The van der Waals surface area contributed by atoms with Gasteiger partial charge in [-0.25, -0.2) is 4.98 Å². The molecule has 10 heteroatoms. The van der Waals surface area contributed by atoms with Gasteiger partial charge in [-0.2, -0.15) is 0 Å². The molecule has 9 nitrogen and oxygen atoms in total. The van der Waals surface area contributed by atoms with Gasteiger partial charge in [0.1, 0.15) is 11.0 Å². The van der Waals surface area contributed by atoms with E-state index in [0.717, 1.165) is 22.3 Å². The molecular weight excluding hydrogens is 394 g/mol. The van der Waals surface area contributed by atoms with Gasteiger partial charge < -0.3 is 10.6 Å². The molecular formula is C19H17N5O4S. The van der Waals surface area contributed by atoms with E-state index in [9.17, 15) is 19.7 Å². The third kappa shape index (κ3) is 5.20. The molecule has 3 aromatic rings. The Balaban J connectivity index is 1.54. The number of nitrogens with zero attached hydrogens (tertiary/aromatic N) is 3. The van der Waals surface area contributed by atoms with Crippen LogP contribution in [-0.4, -0.2) is 32.7 Å². The van der Waals surface area contributed by atoms with E-state index in [1.165, 1.54) is 36.5 Å². The van der Waals surface area contributed by atoms with Crippen LogP contribution in [0.2, 0.25) is 0 Å². The highest BCUT2D eigenvalue weighted by Crippen LogP contribution is 2.21. The minimum absolute atomic E-state index is 0.112. The number of benzene rings is 1. The Morgan fingerprint density at radius 2 is 2.00 bits per heavy atom. The van der Waals surface area contributed by atoms with Crippen molar-refractivity contribution in [3.8, 4) is 11.3 Å². The second kappa shape index (κ2) is 9.02. The van der Waals surface area contributed by atoms with Crippen LogP contribution in [0, 0.1) is 10.1 Å². The van der Waals surface area contributed by atoms with Gasteiger partial charge in [-0.3, -0.25) is 24.7 Å². The molecule has 0 radical (unpaired) electrons. The van der Waals surface area contributed by atoms with E-state index in [1.54, 1.807) is 12.4 Å². The highest BCUT2D eigenvalue weighted by molar-refractivity contribution is 7.09. The molecule has 1 atom stereocenters. The van der Waals surface area contributed by atoms with E-state index in [0.29, 0.717) is 0 Å². The van der Waals surface area contributed by atoms with Crippen LogP contribution in [0.4, 0.5) is 5.69 Å². The predicted molar refractivity (Wildman–Crippen MR) is 107 cm³/mol. The normalized spacial score (nSPS) is 11.5. The second-order valence-corrected chi connectivity index (χ2v) is 7.03. The lowest BCUT2D eigenvalue weighted by Crippen LogP contribution is -2.44. The molecule has 0 fully saturated rings. The highest BCUT2D eigenvalue weighted by Gasteiger charge is 2.18. The average Bonchev–Trinajstić information content (AvgIpc) is 3.21. The van der Waals surface area contributed by atoms with Crippen LogP contribution >= 0.6 is 11.3 Å². The molecule has 1 unspecified atom stereocenters. The Bertz CT molecular complexity index is 1040. The monoisotopic (exact) mass is 411 g/mol. The highest BCUT2D eigenvalue weighted by atomic mass is 32.1. The smallest absolute Gasteiger partial charge is 0.270 e. The van der Waals surface area contributed by atoms with Crippen LogP contribution in [0.1, 0.15) is 22.3 Å². The largest absolute Gasteiger partial charge is 0.348 e. The van der Waals surface area contributed by atoms with Crippen molar-refractivity contribution < 1.29 is 14.5 Å². The summed E-state index contributed by atoms with van der Waals surface area (Å²) in [5, 5.41) is 18.7. The minimum atomic E-state index is -0.818. The van der Waals surface area contributed by atoms with E-state index in [4.69, 9.17) is 0 Å². The molecule has 2 N–H and O–H groups in total. The van der Waals surface area contributed by atoms with Crippen LogP contribution in [0.3, 0.4) is 0 Å². The van der Waals surface area contributed by atoms with Crippen molar-refractivity contribution in [2.24, 2.45) is 0 Å². The molecule has 2 aromatic heterocycles. The summed E-state index contributed by atoms with van der Waals surface area (Å²) in [5.41, 5.74) is 1.66. The first-order chi connectivity index (χ1) is 13.9. The molecule has 2 heterocycles. The zero-order chi connectivity index (χ0) is 20.8. The van der Waals surface area contributed by atoms with Gasteiger partial charge in [0.25, 0.3) is 11.6 Å². The van der Waals surface area contributed by atoms with Crippen molar-refractivity contribution >= 4 is 28.8 Å².